The lowest BCUT2D eigenvalue weighted by molar-refractivity contribution is 0.0954. The topological polar surface area (TPSA) is 54.4 Å². The van der Waals surface area contributed by atoms with Crippen LogP contribution in [0.5, 0.6) is 0 Å². The van der Waals surface area contributed by atoms with E-state index in [2.05, 4.69) is 15.5 Å². The van der Waals surface area contributed by atoms with Crippen molar-refractivity contribution in [2.75, 3.05) is 0 Å². The lowest BCUT2D eigenvalue weighted by atomic mass is 10.1. The Morgan fingerprint density at radius 1 is 1.21 bits per heavy atom. The number of carbonyl (C=O) groups is 1. The average Bonchev–Trinajstić information content (AvgIpc) is 2.45. The van der Waals surface area contributed by atoms with Gasteiger partial charge in [-0.3, -0.25) is 9.78 Å². The first kappa shape index (κ1) is 13.2. The zero-order chi connectivity index (χ0) is 13.7. The smallest absolute Gasteiger partial charge is 0.267 e. The van der Waals surface area contributed by atoms with Crippen molar-refractivity contribution in [1.82, 2.24) is 10.4 Å². The quantitative estimate of drug-likeness (QED) is 0.690. The maximum absolute atomic E-state index is 11.8. The van der Waals surface area contributed by atoms with Crippen LogP contribution in [0.3, 0.4) is 0 Å². The molecule has 0 aliphatic rings. The second-order valence-corrected chi connectivity index (χ2v) is 4.32. The molecule has 1 amide bonds. The molecule has 1 aromatic carbocycles. The minimum absolute atomic E-state index is 0.274. The summed E-state index contributed by atoms with van der Waals surface area (Å²) in [5.41, 5.74) is 4.56. The van der Waals surface area contributed by atoms with Crippen molar-refractivity contribution in [2.45, 2.75) is 6.92 Å². The highest BCUT2D eigenvalue weighted by Crippen LogP contribution is 2.11. The number of aromatic nitrogens is 1. The third-order valence-corrected chi connectivity index (χ3v) is 2.75. The van der Waals surface area contributed by atoms with Crippen LogP contribution in [0.25, 0.3) is 0 Å². The van der Waals surface area contributed by atoms with Crippen molar-refractivity contribution in [3.8, 4) is 0 Å². The van der Waals surface area contributed by atoms with Crippen molar-refractivity contribution >= 4 is 23.2 Å². The first-order valence-electron chi connectivity index (χ1n) is 5.67. The number of nitrogens with one attached hydrogen (secondary N) is 1. The predicted molar refractivity (Wildman–Crippen MR) is 75.4 cm³/mol. The molecule has 0 radical (unpaired) electrons. The number of halogens is 1. The molecule has 0 saturated heterocycles. The summed E-state index contributed by atoms with van der Waals surface area (Å²) in [5, 5.41) is 4.68. The van der Waals surface area contributed by atoms with Gasteiger partial charge in [-0.1, -0.05) is 23.7 Å². The number of carbonyl (C=O) groups excluding carboxylic acids is 1. The Balaban J connectivity index is 2.09. The van der Waals surface area contributed by atoms with Gasteiger partial charge in [-0.15, -0.1) is 0 Å². The van der Waals surface area contributed by atoms with Crippen LogP contribution in [-0.4, -0.2) is 16.6 Å². The maximum Gasteiger partial charge on any atom is 0.271 e. The number of nitrogens with zero attached hydrogens (tertiary/aromatic N) is 2. The lowest BCUT2D eigenvalue weighted by Gasteiger charge is -2.03. The standard InChI is InChI=1S/C14H12ClN3O/c1-10(12-3-2-4-13(15)9-12)17-18-14(19)11-5-7-16-8-6-11/h2-9H,1H3,(H,18,19)/b17-10-. The van der Waals surface area contributed by atoms with Crippen LogP contribution in [0.2, 0.25) is 5.02 Å². The summed E-state index contributed by atoms with van der Waals surface area (Å²) in [7, 11) is 0. The van der Waals surface area contributed by atoms with Gasteiger partial charge in [0.05, 0.1) is 5.71 Å². The second-order valence-electron chi connectivity index (χ2n) is 3.88. The predicted octanol–water partition coefficient (Wildman–Crippen LogP) is 2.89. The molecule has 0 bridgehead atoms. The van der Waals surface area contributed by atoms with E-state index in [0.29, 0.717) is 16.3 Å². The van der Waals surface area contributed by atoms with Gasteiger partial charge in [-0.05, 0) is 36.8 Å². The van der Waals surface area contributed by atoms with E-state index in [1.54, 1.807) is 43.6 Å². The highest BCUT2D eigenvalue weighted by molar-refractivity contribution is 6.31. The summed E-state index contributed by atoms with van der Waals surface area (Å²) in [4.78, 5) is 15.6. The van der Waals surface area contributed by atoms with Gasteiger partial charge in [0, 0.05) is 23.0 Å². The molecule has 96 valence electrons. The molecule has 0 unspecified atom stereocenters. The molecule has 1 N–H and O–H groups in total. The van der Waals surface area contributed by atoms with E-state index < -0.39 is 0 Å². The zero-order valence-corrected chi connectivity index (χ0v) is 11.1. The van der Waals surface area contributed by atoms with Gasteiger partial charge in [-0.2, -0.15) is 5.10 Å². The molecule has 0 saturated carbocycles. The van der Waals surface area contributed by atoms with Crippen molar-refractivity contribution in [2.24, 2.45) is 5.10 Å². The molecule has 5 heteroatoms. The second kappa shape index (κ2) is 6.11. The van der Waals surface area contributed by atoms with Crippen LogP contribution < -0.4 is 5.43 Å². The van der Waals surface area contributed by atoms with Gasteiger partial charge in [0.25, 0.3) is 5.91 Å². The molecule has 2 aromatic rings. The molecule has 4 nitrogen and oxygen atoms in total. The highest BCUT2D eigenvalue weighted by atomic mass is 35.5. The molecule has 0 spiro atoms. The van der Waals surface area contributed by atoms with Gasteiger partial charge in [0.1, 0.15) is 0 Å². The van der Waals surface area contributed by atoms with E-state index in [1.165, 1.54) is 0 Å². The highest BCUT2D eigenvalue weighted by Gasteiger charge is 2.04. The van der Waals surface area contributed by atoms with Gasteiger partial charge in [0.15, 0.2) is 0 Å². The Kier molecular flexibility index (Phi) is 4.26. The average molecular weight is 274 g/mol. The fourth-order valence-electron chi connectivity index (χ4n) is 1.48. The van der Waals surface area contributed by atoms with E-state index in [-0.39, 0.29) is 5.91 Å². The Hall–Kier alpha value is -2.20. The number of hydrogen-bond acceptors (Lipinski definition) is 3. The maximum atomic E-state index is 11.8. The van der Waals surface area contributed by atoms with Crippen molar-refractivity contribution in [3.05, 3.63) is 64.9 Å². The Morgan fingerprint density at radius 3 is 2.63 bits per heavy atom. The number of pyridine rings is 1. The van der Waals surface area contributed by atoms with Gasteiger partial charge in [0.2, 0.25) is 0 Å². The minimum Gasteiger partial charge on any atom is -0.267 e. The molecule has 1 aromatic heterocycles. The third-order valence-electron chi connectivity index (χ3n) is 2.51. The van der Waals surface area contributed by atoms with E-state index in [1.807, 2.05) is 12.1 Å². The first-order valence-corrected chi connectivity index (χ1v) is 6.05. The minimum atomic E-state index is -0.274. The van der Waals surface area contributed by atoms with Crippen LogP contribution in [0.4, 0.5) is 0 Å². The monoisotopic (exact) mass is 273 g/mol. The van der Waals surface area contributed by atoms with Crippen LogP contribution in [0, 0.1) is 0 Å². The zero-order valence-electron chi connectivity index (χ0n) is 10.3. The molecule has 0 aliphatic heterocycles. The summed E-state index contributed by atoms with van der Waals surface area (Å²) in [5.74, 6) is -0.274. The number of hydrogen-bond donors (Lipinski definition) is 1. The summed E-state index contributed by atoms with van der Waals surface area (Å²) >= 11 is 5.90. The SMILES string of the molecule is C/C(=N/NC(=O)c1ccncc1)c1cccc(Cl)c1. The van der Waals surface area contributed by atoms with Crippen molar-refractivity contribution < 1.29 is 4.79 Å². The molecule has 1 heterocycles. The summed E-state index contributed by atoms with van der Waals surface area (Å²) in [6, 6.07) is 10.5. The van der Waals surface area contributed by atoms with Crippen LogP contribution in [0.15, 0.2) is 53.9 Å². The fraction of sp³-hybridized carbons (Fsp3) is 0.0714. The van der Waals surface area contributed by atoms with Crippen molar-refractivity contribution in [3.63, 3.8) is 0 Å². The fourth-order valence-corrected chi connectivity index (χ4v) is 1.67. The third kappa shape index (κ3) is 3.63. The van der Waals surface area contributed by atoms with E-state index in [9.17, 15) is 4.79 Å². The lowest BCUT2D eigenvalue weighted by Crippen LogP contribution is -2.19. The molecule has 2 rings (SSSR count). The van der Waals surface area contributed by atoms with E-state index >= 15 is 0 Å². The summed E-state index contributed by atoms with van der Waals surface area (Å²) in [6.45, 7) is 1.80. The number of hydrazone groups is 1. The van der Waals surface area contributed by atoms with Gasteiger partial charge in [-0.25, -0.2) is 5.43 Å². The largest absolute Gasteiger partial charge is 0.271 e. The number of benzene rings is 1. The van der Waals surface area contributed by atoms with E-state index in [0.717, 1.165) is 5.56 Å². The molecule has 0 atom stereocenters. The molecule has 19 heavy (non-hydrogen) atoms. The van der Waals surface area contributed by atoms with Crippen molar-refractivity contribution in [1.29, 1.82) is 0 Å². The summed E-state index contributed by atoms with van der Waals surface area (Å²) < 4.78 is 0. The molecule has 0 aliphatic carbocycles. The molecular formula is C14H12ClN3O. The summed E-state index contributed by atoms with van der Waals surface area (Å²) in [6.07, 6.45) is 3.12. The van der Waals surface area contributed by atoms with Crippen LogP contribution in [0.1, 0.15) is 22.8 Å². The number of amides is 1. The van der Waals surface area contributed by atoms with Gasteiger partial charge >= 0.3 is 0 Å². The Bertz CT molecular complexity index is 611. The first-order chi connectivity index (χ1) is 9.16. The van der Waals surface area contributed by atoms with Gasteiger partial charge < -0.3 is 0 Å². The Morgan fingerprint density at radius 2 is 1.95 bits per heavy atom. The van der Waals surface area contributed by atoms with E-state index in [4.69, 9.17) is 11.6 Å². The normalized spacial score (nSPS) is 11.2. The molecular weight excluding hydrogens is 262 g/mol. The Labute approximate surface area is 116 Å². The molecule has 0 fully saturated rings. The number of rotatable bonds is 3. The van der Waals surface area contributed by atoms with Crippen LogP contribution in [-0.2, 0) is 0 Å². The van der Waals surface area contributed by atoms with Crippen LogP contribution >= 0.6 is 11.6 Å².